The third kappa shape index (κ3) is 3.46. The SMILES string of the molecule is C=C(CC(=O)OCC)[P+]1(O)N(c2ccccc2)CCN1c1ccccc1. The van der Waals surface area contributed by atoms with Crippen LogP contribution in [0.2, 0.25) is 0 Å². The Morgan fingerprint density at radius 2 is 1.50 bits per heavy atom. The first-order valence-electron chi connectivity index (χ1n) is 8.69. The van der Waals surface area contributed by atoms with Crippen molar-refractivity contribution in [1.82, 2.24) is 0 Å². The van der Waals surface area contributed by atoms with Crippen molar-refractivity contribution in [1.29, 1.82) is 0 Å². The zero-order chi connectivity index (χ0) is 18.6. The van der Waals surface area contributed by atoms with E-state index in [1.54, 1.807) is 6.92 Å². The Bertz CT molecular complexity index is 720. The normalized spacial score (nSPS) is 15.8. The number of benzene rings is 2. The van der Waals surface area contributed by atoms with Gasteiger partial charge in [-0.2, -0.15) is 14.2 Å². The fourth-order valence-electron chi connectivity index (χ4n) is 3.21. The number of rotatable bonds is 6. The summed E-state index contributed by atoms with van der Waals surface area (Å²) in [7, 11) is -2.98. The third-order valence-electron chi connectivity index (χ3n) is 4.38. The topological polar surface area (TPSA) is 53.0 Å². The van der Waals surface area contributed by atoms with Crippen LogP contribution in [0.15, 0.2) is 72.6 Å². The highest BCUT2D eigenvalue weighted by atomic mass is 31.2. The van der Waals surface area contributed by atoms with Gasteiger partial charge in [0.15, 0.2) is 0 Å². The summed E-state index contributed by atoms with van der Waals surface area (Å²) in [5.41, 5.74) is 1.85. The van der Waals surface area contributed by atoms with Gasteiger partial charge < -0.3 is 4.74 Å². The summed E-state index contributed by atoms with van der Waals surface area (Å²) in [6, 6.07) is 19.5. The summed E-state index contributed by atoms with van der Waals surface area (Å²) in [5.74, 6) is -0.362. The lowest BCUT2D eigenvalue weighted by molar-refractivity contribution is -0.142. The van der Waals surface area contributed by atoms with E-state index in [0.29, 0.717) is 25.0 Å². The molecular weight excluding hydrogens is 347 g/mol. The minimum atomic E-state index is -2.98. The van der Waals surface area contributed by atoms with Crippen molar-refractivity contribution in [3.05, 3.63) is 72.6 Å². The monoisotopic (exact) mass is 371 g/mol. The summed E-state index contributed by atoms with van der Waals surface area (Å²) in [6.07, 6.45) is 0.00475. The van der Waals surface area contributed by atoms with E-state index in [1.165, 1.54) is 0 Å². The van der Waals surface area contributed by atoms with Crippen LogP contribution in [0.25, 0.3) is 0 Å². The molecule has 2 aromatic carbocycles. The average Bonchev–Trinajstić information content (AvgIpc) is 3.02. The number of anilines is 2. The Morgan fingerprint density at radius 3 is 1.92 bits per heavy atom. The molecule has 1 heterocycles. The van der Waals surface area contributed by atoms with E-state index in [4.69, 9.17) is 4.74 Å². The first kappa shape index (κ1) is 18.4. The van der Waals surface area contributed by atoms with Crippen molar-refractivity contribution in [3.8, 4) is 0 Å². The number of carbonyl (C=O) groups is 1. The summed E-state index contributed by atoms with van der Waals surface area (Å²) >= 11 is 0. The Hall–Kier alpha value is -2.36. The van der Waals surface area contributed by atoms with Crippen molar-refractivity contribution >= 4 is 25.1 Å². The van der Waals surface area contributed by atoms with Crippen LogP contribution in [-0.4, -0.2) is 30.6 Å². The molecule has 1 aliphatic heterocycles. The molecule has 0 aliphatic carbocycles. The van der Waals surface area contributed by atoms with E-state index in [-0.39, 0.29) is 12.4 Å². The zero-order valence-electron chi connectivity index (χ0n) is 14.9. The molecule has 26 heavy (non-hydrogen) atoms. The Balaban J connectivity index is 1.98. The number of carbonyl (C=O) groups excluding carboxylic acids is 1. The Morgan fingerprint density at radius 1 is 1.04 bits per heavy atom. The quantitative estimate of drug-likeness (QED) is 0.608. The second-order valence-electron chi connectivity index (χ2n) is 6.03. The third-order valence-corrected chi connectivity index (χ3v) is 7.60. The first-order valence-corrected chi connectivity index (χ1v) is 10.3. The van der Waals surface area contributed by atoms with Gasteiger partial charge >= 0.3 is 13.8 Å². The molecule has 0 aromatic heterocycles. The van der Waals surface area contributed by atoms with E-state index in [1.807, 2.05) is 70.0 Å². The first-order chi connectivity index (χ1) is 12.6. The summed E-state index contributed by atoms with van der Waals surface area (Å²) in [4.78, 5) is 23.9. The molecule has 1 fully saturated rings. The van der Waals surface area contributed by atoms with E-state index in [0.717, 1.165) is 11.4 Å². The number of para-hydroxylation sites is 2. The van der Waals surface area contributed by atoms with E-state index in [2.05, 4.69) is 6.58 Å². The molecule has 1 N–H and O–H groups in total. The number of ether oxygens (including phenoxy) is 1. The molecule has 0 radical (unpaired) electrons. The van der Waals surface area contributed by atoms with Gasteiger partial charge in [0.05, 0.1) is 31.1 Å². The highest BCUT2D eigenvalue weighted by Gasteiger charge is 2.58. The maximum Gasteiger partial charge on any atom is 0.362 e. The maximum absolute atomic E-state index is 12.0. The van der Waals surface area contributed by atoms with E-state index in [9.17, 15) is 9.69 Å². The van der Waals surface area contributed by atoms with Crippen molar-refractivity contribution in [3.63, 3.8) is 0 Å². The predicted octanol–water partition coefficient (Wildman–Crippen LogP) is 4.24. The van der Waals surface area contributed by atoms with Crippen molar-refractivity contribution in [2.75, 3.05) is 29.0 Å². The molecule has 136 valence electrons. The van der Waals surface area contributed by atoms with Crippen LogP contribution in [0.4, 0.5) is 11.4 Å². The molecule has 1 saturated heterocycles. The van der Waals surface area contributed by atoms with Crippen LogP contribution in [0.3, 0.4) is 0 Å². The summed E-state index contributed by atoms with van der Waals surface area (Å²) in [6.45, 7) is 7.50. The fourth-order valence-corrected chi connectivity index (χ4v) is 6.14. The number of hydrogen-bond donors (Lipinski definition) is 1. The van der Waals surface area contributed by atoms with E-state index < -0.39 is 7.79 Å². The Kier molecular flexibility index (Phi) is 5.60. The van der Waals surface area contributed by atoms with Gasteiger partial charge in [0.25, 0.3) is 0 Å². The molecule has 5 nitrogen and oxygen atoms in total. The van der Waals surface area contributed by atoms with Gasteiger partial charge in [-0.05, 0) is 31.2 Å². The molecule has 0 spiro atoms. The minimum absolute atomic E-state index is 0.00475. The number of esters is 1. The summed E-state index contributed by atoms with van der Waals surface area (Å²) in [5, 5.41) is 0.501. The van der Waals surface area contributed by atoms with Crippen LogP contribution < -0.4 is 9.34 Å². The highest BCUT2D eigenvalue weighted by molar-refractivity contribution is 7.77. The lowest BCUT2D eigenvalue weighted by atomic mass is 10.3. The van der Waals surface area contributed by atoms with Crippen LogP contribution in [0, 0.1) is 0 Å². The highest BCUT2D eigenvalue weighted by Crippen LogP contribution is 2.72. The van der Waals surface area contributed by atoms with Gasteiger partial charge in [-0.25, -0.2) is 0 Å². The Labute approximate surface area is 155 Å². The molecule has 3 rings (SSSR count). The van der Waals surface area contributed by atoms with Crippen LogP contribution in [-0.2, 0) is 9.53 Å². The molecule has 2 aromatic rings. The van der Waals surface area contributed by atoms with Crippen LogP contribution in [0.5, 0.6) is 0 Å². The standard InChI is InChI=1S/C20H24N2O3P/c1-3-25-20(23)16-17(2)26(24)21(18-10-6-4-7-11-18)14-15-22(26)19-12-8-5-9-13-19/h4-13,24H,2-3,14-16H2,1H3/q+1. The zero-order valence-corrected chi connectivity index (χ0v) is 15.8. The number of nitrogens with zero attached hydrogens (tertiary/aromatic N) is 2. The lowest BCUT2D eigenvalue weighted by Gasteiger charge is -2.32. The molecule has 6 heteroatoms. The molecule has 0 atom stereocenters. The van der Waals surface area contributed by atoms with Gasteiger partial charge in [0.1, 0.15) is 11.7 Å². The van der Waals surface area contributed by atoms with Gasteiger partial charge in [0.2, 0.25) is 0 Å². The second kappa shape index (κ2) is 7.90. The molecule has 0 saturated carbocycles. The smallest absolute Gasteiger partial charge is 0.362 e. The molecule has 0 bridgehead atoms. The van der Waals surface area contributed by atoms with E-state index >= 15 is 0 Å². The minimum Gasteiger partial charge on any atom is -0.466 e. The van der Waals surface area contributed by atoms with Crippen molar-refractivity contribution in [2.45, 2.75) is 13.3 Å². The van der Waals surface area contributed by atoms with Crippen LogP contribution in [0.1, 0.15) is 13.3 Å². The number of hydrogen-bond acceptors (Lipinski definition) is 5. The van der Waals surface area contributed by atoms with Crippen LogP contribution >= 0.6 is 7.79 Å². The van der Waals surface area contributed by atoms with Crippen molar-refractivity contribution in [2.24, 2.45) is 0 Å². The largest absolute Gasteiger partial charge is 0.466 e. The molecule has 0 unspecified atom stereocenters. The molecular formula is C20H24N2O3P+. The second-order valence-corrected chi connectivity index (χ2v) is 8.77. The van der Waals surface area contributed by atoms with Crippen molar-refractivity contribution < 1.29 is 14.4 Å². The van der Waals surface area contributed by atoms with Gasteiger partial charge in [-0.15, -0.1) is 0 Å². The molecule has 0 amide bonds. The average molecular weight is 371 g/mol. The fraction of sp³-hybridized carbons (Fsp3) is 0.250. The maximum atomic E-state index is 12.0. The van der Waals surface area contributed by atoms with Gasteiger partial charge in [0, 0.05) is 0 Å². The van der Waals surface area contributed by atoms with Gasteiger partial charge in [-0.1, -0.05) is 43.0 Å². The lowest BCUT2D eigenvalue weighted by Crippen LogP contribution is -2.26. The molecule has 1 aliphatic rings. The summed E-state index contributed by atoms with van der Waals surface area (Å²) < 4.78 is 9.04. The predicted molar refractivity (Wildman–Crippen MR) is 107 cm³/mol. The van der Waals surface area contributed by atoms with Gasteiger partial charge in [-0.3, -0.25) is 4.79 Å².